The minimum atomic E-state index is 0.345. The van der Waals surface area contributed by atoms with Crippen molar-refractivity contribution in [3.8, 4) is 0 Å². The lowest BCUT2D eigenvalue weighted by molar-refractivity contribution is 0.817. The van der Waals surface area contributed by atoms with Crippen LogP contribution in [0.15, 0.2) is 4.47 Å². The third-order valence-electron chi connectivity index (χ3n) is 2.24. The van der Waals surface area contributed by atoms with E-state index in [1.54, 1.807) is 0 Å². The number of H-pyrrole nitrogens is 1. The summed E-state index contributed by atoms with van der Waals surface area (Å²) in [6.45, 7) is 6.09. The number of hydrogen-bond acceptors (Lipinski definition) is 2. The zero-order valence-corrected chi connectivity index (χ0v) is 11.1. The zero-order valence-electron chi connectivity index (χ0n) is 8.73. The predicted molar refractivity (Wildman–Crippen MR) is 65.4 cm³/mol. The Labute approximate surface area is 101 Å². The number of nitrogens with zero attached hydrogens (tertiary/aromatic N) is 2. The second-order valence-corrected chi connectivity index (χ2v) is 4.96. The molecule has 2 heterocycles. The van der Waals surface area contributed by atoms with Gasteiger partial charge in [0.15, 0.2) is 0 Å². The molecule has 0 spiro atoms. The SMILES string of the molecule is Cc1nc(C(C)C)c2c(Br)c(Cl)[nH]c2n1. The molecular formula is C10H11BrClN3. The Hall–Kier alpha value is -0.610. The number of fused-ring (bicyclic) bond motifs is 1. The monoisotopic (exact) mass is 287 g/mol. The van der Waals surface area contributed by atoms with E-state index in [1.807, 2.05) is 6.92 Å². The van der Waals surface area contributed by atoms with Crippen LogP contribution in [0.4, 0.5) is 0 Å². The molecule has 0 amide bonds. The summed E-state index contributed by atoms with van der Waals surface area (Å²) in [7, 11) is 0. The molecule has 3 nitrogen and oxygen atoms in total. The first-order valence-electron chi connectivity index (χ1n) is 4.72. The highest BCUT2D eigenvalue weighted by atomic mass is 79.9. The topological polar surface area (TPSA) is 41.6 Å². The molecule has 2 aromatic heterocycles. The van der Waals surface area contributed by atoms with Gasteiger partial charge < -0.3 is 4.98 Å². The van der Waals surface area contributed by atoms with Gasteiger partial charge in [0, 0.05) is 0 Å². The molecule has 2 aromatic rings. The molecule has 0 fully saturated rings. The van der Waals surface area contributed by atoms with Crippen LogP contribution in [-0.4, -0.2) is 15.0 Å². The number of aromatic nitrogens is 3. The van der Waals surface area contributed by atoms with E-state index in [1.165, 1.54) is 0 Å². The first-order valence-corrected chi connectivity index (χ1v) is 5.89. The highest BCUT2D eigenvalue weighted by Crippen LogP contribution is 2.34. The van der Waals surface area contributed by atoms with Gasteiger partial charge in [-0.3, -0.25) is 0 Å². The van der Waals surface area contributed by atoms with Crippen molar-refractivity contribution >= 4 is 38.6 Å². The highest BCUT2D eigenvalue weighted by Gasteiger charge is 2.16. The Balaban J connectivity index is 2.88. The molecule has 0 saturated carbocycles. The summed E-state index contributed by atoms with van der Waals surface area (Å²) in [6.07, 6.45) is 0. The molecule has 1 N–H and O–H groups in total. The van der Waals surface area contributed by atoms with Crippen LogP contribution in [0.2, 0.25) is 5.15 Å². The molecule has 0 aliphatic carbocycles. The Morgan fingerprint density at radius 3 is 2.60 bits per heavy atom. The third kappa shape index (κ3) is 1.76. The minimum absolute atomic E-state index is 0.345. The molecule has 0 unspecified atom stereocenters. The summed E-state index contributed by atoms with van der Waals surface area (Å²) < 4.78 is 0.850. The summed E-state index contributed by atoms with van der Waals surface area (Å²) in [5.74, 6) is 1.11. The van der Waals surface area contributed by atoms with Gasteiger partial charge in [0.25, 0.3) is 0 Å². The molecule has 80 valence electrons. The van der Waals surface area contributed by atoms with Gasteiger partial charge in [-0.1, -0.05) is 25.4 Å². The lowest BCUT2D eigenvalue weighted by Crippen LogP contribution is -1.98. The van der Waals surface area contributed by atoms with E-state index in [2.05, 4.69) is 44.7 Å². The lowest BCUT2D eigenvalue weighted by atomic mass is 10.1. The average molecular weight is 289 g/mol. The van der Waals surface area contributed by atoms with Crippen LogP contribution < -0.4 is 0 Å². The van der Waals surface area contributed by atoms with Crippen molar-refractivity contribution in [3.05, 3.63) is 21.1 Å². The standard InChI is InChI=1S/C10H11BrClN3/c1-4(2)8-6-7(11)9(12)15-10(6)14-5(3)13-8/h4H,1-3H3,(H,13,14,15). The second-order valence-electron chi connectivity index (χ2n) is 3.79. The second kappa shape index (κ2) is 3.76. The van der Waals surface area contributed by atoms with Crippen LogP contribution in [0.5, 0.6) is 0 Å². The molecule has 0 saturated heterocycles. The van der Waals surface area contributed by atoms with Crippen LogP contribution in [0.25, 0.3) is 11.0 Å². The fourth-order valence-corrected chi connectivity index (χ4v) is 2.26. The van der Waals surface area contributed by atoms with Crippen molar-refractivity contribution in [2.75, 3.05) is 0 Å². The molecule has 0 radical (unpaired) electrons. The van der Waals surface area contributed by atoms with Crippen LogP contribution in [0, 0.1) is 6.92 Å². The van der Waals surface area contributed by atoms with Crippen LogP contribution in [0.1, 0.15) is 31.3 Å². The Bertz CT molecular complexity index is 519. The fourth-order valence-electron chi connectivity index (χ4n) is 1.59. The van der Waals surface area contributed by atoms with Gasteiger partial charge in [-0.2, -0.15) is 0 Å². The van der Waals surface area contributed by atoms with Crippen molar-refractivity contribution in [2.45, 2.75) is 26.7 Å². The summed E-state index contributed by atoms with van der Waals surface area (Å²) in [5.41, 5.74) is 1.82. The Morgan fingerprint density at radius 2 is 2.00 bits per heavy atom. The van der Waals surface area contributed by atoms with E-state index in [0.717, 1.165) is 27.0 Å². The average Bonchev–Trinajstić information content (AvgIpc) is 2.41. The van der Waals surface area contributed by atoms with Gasteiger partial charge in [0.05, 0.1) is 15.6 Å². The molecule has 5 heteroatoms. The number of aryl methyl sites for hydroxylation is 1. The first-order chi connectivity index (χ1) is 7.00. The molecule has 0 bridgehead atoms. The number of aromatic amines is 1. The van der Waals surface area contributed by atoms with Crippen molar-refractivity contribution in [1.82, 2.24) is 15.0 Å². The first kappa shape index (κ1) is 10.9. The quantitative estimate of drug-likeness (QED) is 0.867. The molecule has 2 rings (SSSR count). The molecule has 15 heavy (non-hydrogen) atoms. The van der Waals surface area contributed by atoms with Gasteiger partial charge in [-0.05, 0) is 28.8 Å². The fraction of sp³-hybridized carbons (Fsp3) is 0.400. The van der Waals surface area contributed by atoms with Crippen LogP contribution >= 0.6 is 27.5 Å². The van der Waals surface area contributed by atoms with Gasteiger partial charge in [0.2, 0.25) is 0 Å². The van der Waals surface area contributed by atoms with Gasteiger partial charge >= 0.3 is 0 Å². The van der Waals surface area contributed by atoms with Crippen molar-refractivity contribution in [2.24, 2.45) is 0 Å². The third-order valence-corrected chi connectivity index (χ3v) is 3.54. The molecular weight excluding hydrogens is 277 g/mol. The van der Waals surface area contributed by atoms with Crippen LogP contribution in [-0.2, 0) is 0 Å². The largest absolute Gasteiger partial charge is 0.329 e. The van der Waals surface area contributed by atoms with Crippen molar-refractivity contribution in [1.29, 1.82) is 0 Å². The summed E-state index contributed by atoms with van der Waals surface area (Å²) in [4.78, 5) is 11.8. The summed E-state index contributed by atoms with van der Waals surface area (Å²) in [6, 6.07) is 0. The Kier molecular flexibility index (Phi) is 2.73. The van der Waals surface area contributed by atoms with Gasteiger partial charge in [-0.25, -0.2) is 9.97 Å². The van der Waals surface area contributed by atoms with E-state index in [0.29, 0.717) is 11.1 Å². The number of hydrogen-bond donors (Lipinski definition) is 1. The van der Waals surface area contributed by atoms with E-state index in [4.69, 9.17) is 11.6 Å². The van der Waals surface area contributed by atoms with Gasteiger partial charge in [-0.15, -0.1) is 0 Å². The lowest BCUT2D eigenvalue weighted by Gasteiger charge is -2.07. The van der Waals surface area contributed by atoms with Crippen molar-refractivity contribution < 1.29 is 0 Å². The van der Waals surface area contributed by atoms with Gasteiger partial charge in [0.1, 0.15) is 16.6 Å². The molecule has 0 aliphatic rings. The molecule has 0 aliphatic heterocycles. The van der Waals surface area contributed by atoms with Crippen LogP contribution in [0.3, 0.4) is 0 Å². The Morgan fingerprint density at radius 1 is 1.33 bits per heavy atom. The van der Waals surface area contributed by atoms with E-state index in [-0.39, 0.29) is 0 Å². The van der Waals surface area contributed by atoms with E-state index >= 15 is 0 Å². The maximum atomic E-state index is 6.01. The number of halogens is 2. The van der Waals surface area contributed by atoms with E-state index in [9.17, 15) is 0 Å². The van der Waals surface area contributed by atoms with E-state index < -0.39 is 0 Å². The minimum Gasteiger partial charge on any atom is -0.329 e. The maximum Gasteiger partial charge on any atom is 0.143 e. The number of rotatable bonds is 1. The maximum absolute atomic E-state index is 6.01. The molecule has 0 aromatic carbocycles. The summed E-state index contributed by atoms with van der Waals surface area (Å²) in [5, 5.41) is 1.56. The normalized spacial score (nSPS) is 11.6. The molecule has 0 atom stereocenters. The summed E-state index contributed by atoms with van der Waals surface area (Å²) >= 11 is 9.46. The number of nitrogens with one attached hydrogen (secondary N) is 1. The predicted octanol–water partition coefficient (Wildman–Crippen LogP) is 3.81. The highest BCUT2D eigenvalue weighted by molar-refractivity contribution is 9.10. The van der Waals surface area contributed by atoms with Crippen molar-refractivity contribution in [3.63, 3.8) is 0 Å². The smallest absolute Gasteiger partial charge is 0.143 e. The zero-order chi connectivity index (χ0) is 11.2.